The Kier molecular flexibility index (Phi) is 10.7. The van der Waals surface area contributed by atoms with Crippen LogP contribution in [0.25, 0.3) is 0 Å². The van der Waals surface area contributed by atoms with E-state index in [2.05, 4.69) is 20.4 Å². The number of nitrogens with one attached hydrogen (secondary N) is 2. The summed E-state index contributed by atoms with van der Waals surface area (Å²) in [5.74, 6) is -0.0787. The third-order valence-electron chi connectivity index (χ3n) is 3.67. The summed E-state index contributed by atoms with van der Waals surface area (Å²) in [6.07, 6.45) is -1.07. The molecule has 0 heterocycles. The van der Waals surface area contributed by atoms with Crippen LogP contribution in [0, 0.1) is 5.82 Å². The lowest BCUT2D eigenvalue weighted by Gasteiger charge is -2.16. The summed E-state index contributed by atoms with van der Waals surface area (Å²) < 4.78 is 43.2. The van der Waals surface area contributed by atoms with Crippen molar-refractivity contribution < 1.29 is 23.0 Å². The number of aliphatic hydroxyl groups is 1. The maximum atomic E-state index is 13.7. The Labute approximate surface area is 179 Å². The predicted octanol–water partition coefficient (Wildman–Crippen LogP) is 3.83. The number of guanidine groups is 1. The van der Waals surface area contributed by atoms with E-state index >= 15 is 0 Å². The quantitative estimate of drug-likeness (QED) is 0.288. The molecule has 3 N–H and O–H groups in total. The molecule has 0 spiro atoms. The van der Waals surface area contributed by atoms with Crippen LogP contribution in [0.4, 0.5) is 13.2 Å². The zero-order valence-electron chi connectivity index (χ0n) is 15.2. The van der Waals surface area contributed by atoms with Gasteiger partial charge in [-0.25, -0.2) is 9.38 Å². The van der Waals surface area contributed by atoms with Crippen LogP contribution in [-0.2, 0) is 6.54 Å². The smallest absolute Gasteiger partial charge is 0.387 e. The Hall–Kier alpha value is -2.01. The van der Waals surface area contributed by atoms with Crippen LogP contribution in [-0.4, -0.2) is 30.8 Å². The highest BCUT2D eigenvalue weighted by molar-refractivity contribution is 14.0. The Morgan fingerprint density at radius 3 is 2.46 bits per heavy atom. The van der Waals surface area contributed by atoms with Crippen molar-refractivity contribution in [3.63, 3.8) is 0 Å². The van der Waals surface area contributed by atoms with Gasteiger partial charge in [0.2, 0.25) is 0 Å². The van der Waals surface area contributed by atoms with Gasteiger partial charge in [-0.1, -0.05) is 36.4 Å². The molecular formula is C19H23F3IN3O2. The molecule has 2 aromatic carbocycles. The number of ether oxygens (including phenoxy) is 1. The van der Waals surface area contributed by atoms with E-state index in [9.17, 15) is 18.3 Å². The molecule has 0 aliphatic heterocycles. The number of hydrogen-bond acceptors (Lipinski definition) is 3. The minimum Gasteiger partial charge on any atom is -0.434 e. The van der Waals surface area contributed by atoms with Crippen molar-refractivity contribution in [3.05, 3.63) is 65.5 Å². The van der Waals surface area contributed by atoms with Crippen LogP contribution in [0.3, 0.4) is 0 Å². The minimum atomic E-state index is -2.92. The second kappa shape index (κ2) is 12.4. The van der Waals surface area contributed by atoms with Gasteiger partial charge in [0.25, 0.3) is 0 Å². The Morgan fingerprint density at radius 1 is 1.11 bits per heavy atom. The van der Waals surface area contributed by atoms with Crippen LogP contribution in [0.5, 0.6) is 5.75 Å². The van der Waals surface area contributed by atoms with Crippen LogP contribution in [0.2, 0.25) is 0 Å². The number of alkyl halides is 2. The normalized spacial score (nSPS) is 12.3. The SMILES string of the molecule is CCNC(=NCc1ccccc1OC(F)F)NCC(O)c1ccccc1F.I. The molecule has 0 radical (unpaired) electrons. The van der Waals surface area contributed by atoms with Gasteiger partial charge in [-0.2, -0.15) is 8.78 Å². The molecule has 0 bridgehead atoms. The molecule has 1 unspecified atom stereocenters. The molecule has 1 atom stereocenters. The summed E-state index contributed by atoms with van der Waals surface area (Å²) >= 11 is 0. The summed E-state index contributed by atoms with van der Waals surface area (Å²) in [4.78, 5) is 4.30. The maximum absolute atomic E-state index is 13.7. The van der Waals surface area contributed by atoms with Crippen LogP contribution < -0.4 is 15.4 Å². The van der Waals surface area contributed by atoms with Crippen LogP contribution in [0.1, 0.15) is 24.2 Å². The second-order valence-corrected chi connectivity index (χ2v) is 5.60. The molecule has 9 heteroatoms. The van der Waals surface area contributed by atoms with Crippen LogP contribution >= 0.6 is 24.0 Å². The molecule has 2 rings (SSSR count). The summed E-state index contributed by atoms with van der Waals surface area (Å²) in [7, 11) is 0. The monoisotopic (exact) mass is 509 g/mol. The van der Waals surface area contributed by atoms with E-state index < -0.39 is 18.5 Å². The molecule has 0 saturated carbocycles. The van der Waals surface area contributed by atoms with Gasteiger partial charge < -0.3 is 20.5 Å². The van der Waals surface area contributed by atoms with Gasteiger partial charge in [0.05, 0.1) is 12.6 Å². The molecule has 0 saturated heterocycles. The number of rotatable bonds is 8. The molecule has 0 amide bonds. The molecule has 0 fully saturated rings. The summed E-state index contributed by atoms with van der Waals surface area (Å²) in [6.45, 7) is -0.386. The zero-order valence-corrected chi connectivity index (χ0v) is 17.6. The lowest BCUT2D eigenvalue weighted by Crippen LogP contribution is -2.39. The van der Waals surface area contributed by atoms with E-state index in [1.54, 1.807) is 30.3 Å². The fourth-order valence-electron chi connectivity index (χ4n) is 2.40. The van der Waals surface area contributed by atoms with Gasteiger partial charge in [-0.3, -0.25) is 0 Å². The Balaban J connectivity index is 0.00000392. The molecule has 0 aliphatic carbocycles. The zero-order chi connectivity index (χ0) is 19.6. The highest BCUT2D eigenvalue weighted by atomic mass is 127. The first-order valence-electron chi connectivity index (χ1n) is 8.48. The van der Waals surface area contributed by atoms with E-state index in [1.165, 1.54) is 18.2 Å². The van der Waals surface area contributed by atoms with E-state index in [4.69, 9.17) is 0 Å². The number of nitrogens with zero attached hydrogens (tertiary/aromatic N) is 1. The van der Waals surface area contributed by atoms with Gasteiger partial charge >= 0.3 is 6.61 Å². The van der Waals surface area contributed by atoms with E-state index in [-0.39, 0.29) is 48.4 Å². The van der Waals surface area contributed by atoms with Gasteiger partial charge in [0.1, 0.15) is 11.6 Å². The van der Waals surface area contributed by atoms with Crippen LogP contribution in [0.15, 0.2) is 53.5 Å². The average Bonchev–Trinajstić information content (AvgIpc) is 2.64. The first-order chi connectivity index (χ1) is 13.0. The van der Waals surface area contributed by atoms with E-state index in [0.717, 1.165) is 0 Å². The maximum Gasteiger partial charge on any atom is 0.387 e. The molecule has 5 nitrogen and oxygen atoms in total. The summed E-state index contributed by atoms with van der Waals surface area (Å²) in [6, 6.07) is 12.3. The van der Waals surface area contributed by atoms with Crippen molar-refractivity contribution in [2.45, 2.75) is 26.2 Å². The highest BCUT2D eigenvalue weighted by Gasteiger charge is 2.13. The van der Waals surface area contributed by atoms with Crippen molar-refractivity contribution in [2.24, 2.45) is 4.99 Å². The molecule has 28 heavy (non-hydrogen) atoms. The lowest BCUT2D eigenvalue weighted by atomic mass is 10.1. The van der Waals surface area contributed by atoms with E-state index in [0.29, 0.717) is 18.1 Å². The number of aliphatic imine (C=N–C) groups is 1. The Morgan fingerprint density at radius 2 is 1.79 bits per heavy atom. The number of aliphatic hydroxyl groups excluding tert-OH is 1. The molecule has 0 aromatic heterocycles. The number of hydrogen-bond donors (Lipinski definition) is 3. The third-order valence-corrected chi connectivity index (χ3v) is 3.67. The molecule has 2 aromatic rings. The van der Waals surface area contributed by atoms with Crippen molar-refractivity contribution in [3.8, 4) is 5.75 Å². The third kappa shape index (κ3) is 7.55. The predicted molar refractivity (Wildman–Crippen MR) is 113 cm³/mol. The van der Waals surface area contributed by atoms with E-state index in [1.807, 2.05) is 6.92 Å². The number of benzene rings is 2. The van der Waals surface area contributed by atoms with Gasteiger partial charge in [0, 0.05) is 24.2 Å². The van der Waals surface area contributed by atoms with Crippen molar-refractivity contribution in [1.29, 1.82) is 0 Å². The molecular weight excluding hydrogens is 486 g/mol. The van der Waals surface area contributed by atoms with Crippen molar-refractivity contribution in [2.75, 3.05) is 13.1 Å². The van der Waals surface area contributed by atoms with Gasteiger partial charge in [-0.05, 0) is 19.1 Å². The highest BCUT2D eigenvalue weighted by Crippen LogP contribution is 2.21. The average molecular weight is 509 g/mol. The first-order valence-corrected chi connectivity index (χ1v) is 8.48. The largest absolute Gasteiger partial charge is 0.434 e. The minimum absolute atomic E-state index is 0. The molecule has 154 valence electrons. The standard InChI is InChI=1S/C19H22F3N3O2.HI/c1-2-23-19(25-12-16(26)14-8-4-5-9-15(14)20)24-11-13-7-3-6-10-17(13)27-18(21)22;/h3-10,16,18,26H,2,11-12H2,1H3,(H2,23,24,25);1H. The number of halogens is 4. The lowest BCUT2D eigenvalue weighted by molar-refractivity contribution is -0.0504. The topological polar surface area (TPSA) is 65.9 Å². The van der Waals surface area contributed by atoms with Gasteiger partial charge in [-0.15, -0.1) is 24.0 Å². The second-order valence-electron chi connectivity index (χ2n) is 5.60. The van der Waals surface area contributed by atoms with Crippen molar-refractivity contribution in [1.82, 2.24) is 10.6 Å². The van der Waals surface area contributed by atoms with Gasteiger partial charge in [0.15, 0.2) is 5.96 Å². The fourth-order valence-corrected chi connectivity index (χ4v) is 2.40. The summed E-state index contributed by atoms with van der Waals surface area (Å²) in [5.41, 5.74) is 0.668. The Bertz CT molecular complexity index is 763. The number of para-hydroxylation sites is 1. The first kappa shape index (κ1) is 24.0. The molecule has 0 aliphatic rings. The fraction of sp³-hybridized carbons (Fsp3) is 0.316. The summed E-state index contributed by atoms with van der Waals surface area (Å²) in [5, 5.41) is 16.0. The van der Waals surface area contributed by atoms with Crippen molar-refractivity contribution >= 4 is 29.9 Å².